The molecule has 0 fully saturated rings. The zero-order chi connectivity index (χ0) is 11.9. The lowest BCUT2D eigenvalue weighted by atomic mass is 10.2. The Balaban J connectivity index is 2.54. The summed E-state index contributed by atoms with van der Waals surface area (Å²) >= 11 is 1.20. The highest BCUT2D eigenvalue weighted by Crippen LogP contribution is 2.33. The molecule has 0 aliphatic heterocycles. The maximum absolute atomic E-state index is 12.4. The van der Waals surface area contributed by atoms with Crippen molar-refractivity contribution < 1.29 is 18.3 Å². The lowest BCUT2D eigenvalue weighted by Gasteiger charge is -2.04. The Hall–Kier alpha value is -1.14. The normalized spacial score (nSPS) is 14.3. The molecule has 0 aliphatic carbocycles. The van der Waals surface area contributed by atoms with Gasteiger partial charge in [0.15, 0.2) is 0 Å². The van der Waals surface area contributed by atoms with E-state index in [4.69, 9.17) is 0 Å². The number of benzene rings is 1. The van der Waals surface area contributed by atoms with E-state index in [1.54, 1.807) is 0 Å². The average molecular weight is 247 g/mol. The molecule has 0 saturated carbocycles. The van der Waals surface area contributed by atoms with Gasteiger partial charge in [0.2, 0.25) is 0 Å². The molecular weight excluding hydrogens is 239 g/mol. The molecule has 1 unspecified atom stereocenters. The molecule has 0 aliphatic rings. The highest BCUT2D eigenvalue weighted by Gasteiger charge is 2.30. The zero-order valence-corrected chi connectivity index (χ0v) is 9.06. The van der Waals surface area contributed by atoms with Gasteiger partial charge in [-0.1, -0.05) is 0 Å². The molecule has 0 bridgehead atoms. The van der Waals surface area contributed by atoms with Gasteiger partial charge in [-0.2, -0.15) is 13.2 Å². The first kappa shape index (κ1) is 11.3. The molecule has 2 aromatic rings. The van der Waals surface area contributed by atoms with Crippen molar-refractivity contribution in [3.63, 3.8) is 0 Å². The largest absolute Gasteiger partial charge is 0.416 e. The van der Waals surface area contributed by atoms with Crippen molar-refractivity contribution >= 4 is 21.6 Å². The monoisotopic (exact) mass is 247 g/mol. The number of aromatic nitrogens is 1. The Morgan fingerprint density at radius 1 is 1.38 bits per heavy atom. The summed E-state index contributed by atoms with van der Waals surface area (Å²) in [4.78, 5) is 3.95. The van der Waals surface area contributed by atoms with Gasteiger partial charge in [-0.25, -0.2) is 4.98 Å². The van der Waals surface area contributed by atoms with Gasteiger partial charge in [-0.3, -0.25) is 0 Å². The van der Waals surface area contributed by atoms with Gasteiger partial charge in [0, 0.05) is 0 Å². The number of nitrogens with zero attached hydrogens (tertiary/aromatic N) is 1. The maximum atomic E-state index is 12.4. The number of alkyl halides is 3. The van der Waals surface area contributed by atoms with Gasteiger partial charge in [-0.15, -0.1) is 11.3 Å². The van der Waals surface area contributed by atoms with Crippen LogP contribution in [0.1, 0.15) is 23.6 Å². The van der Waals surface area contributed by atoms with Crippen LogP contribution >= 0.6 is 11.3 Å². The summed E-state index contributed by atoms with van der Waals surface area (Å²) in [5, 5.41) is 9.70. The van der Waals surface area contributed by atoms with Crippen LogP contribution in [0.4, 0.5) is 13.2 Å². The first-order valence-electron chi connectivity index (χ1n) is 4.53. The number of aliphatic hydroxyl groups is 1. The molecule has 16 heavy (non-hydrogen) atoms. The van der Waals surface area contributed by atoms with Crippen LogP contribution in [0, 0.1) is 0 Å². The molecule has 2 nitrogen and oxygen atoms in total. The molecule has 1 N–H and O–H groups in total. The molecular formula is C10H8F3NOS. The number of aliphatic hydroxyl groups excluding tert-OH is 1. The molecule has 1 heterocycles. The third-order valence-electron chi connectivity index (χ3n) is 2.09. The van der Waals surface area contributed by atoms with Gasteiger partial charge < -0.3 is 5.11 Å². The second-order valence-electron chi connectivity index (χ2n) is 3.41. The number of hydrogen-bond acceptors (Lipinski definition) is 3. The summed E-state index contributed by atoms with van der Waals surface area (Å²) in [6.45, 7) is 1.53. The van der Waals surface area contributed by atoms with Gasteiger partial charge >= 0.3 is 6.18 Å². The van der Waals surface area contributed by atoms with E-state index in [9.17, 15) is 18.3 Å². The summed E-state index contributed by atoms with van der Waals surface area (Å²) < 4.78 is 37.9. The van der Waals surface area contributed by atoms with Crippen LogP contribution in [-0.2, 0) is 6.18 Å². The number of fused-ring (bicyclic) bond motifs is 1. The maximum Gasteiger partial charge on any atom is 0.416 e. The SMILES string of the molecule is CC(O)c1nc2cc(C(F)(F)F)ccc2s1. The Morgan fingerprint density at radius 3 is 2.62 bits per heavy atom. The molecule has 0 saturated heterocycles. The third kappa shape index (κ3) is 2.03. The Labute approximate surface area is 93.4 Å². The third-order valence-corrected chi connectivity index (χ3v) is 3.30. The molecule has 1 aromatic heterocycles. The van der Waals surface area contributed by atoms with Gasteiger partial charge in [0.05, 0.1) is 15.8 Å². The fourth-order valence-electron chi connectivity index (χ4n) is 1.30. The van der Waals surface area contributed by atoms with Crippen molar-refractivity contribution in [1.29, 1.82) is 0 Å². The topological polar surface area (TPSA) is 33.1 Å². The standard InChI is InChI=1S/C10H8F3NOS/c1-5(15)9-14-7-4-6(10(11,12)13)2-3-8(7)16-9/h2-5,15H,1H3. The van der Waals surface area contributed by atoms with E-state index in [-0.39, 0.29) is 5.52 Å². The summed E-state index contributed by atoms with van der Waals surface area (Å²) in [5.41, 5.74) is -0.446. The predicted octanol–water partition coefficient (Wildman–Crippen LogP) is 3.37. The first-order valence-corrected chi connectivity index (χ1v) is 5.35. The summed E-state index contributed by atoms with van der Waals surface area (Å²) in [5.74, 6) is 0. The van der Waals surface area contributed by atoms with Gasteiger partial charge in [0.25, 0.3) is 0 Å². The van der Waals surface area contributed by atoms with E-state index in [1.165, 1.54) is 24.3 Å². The highest BCUT2D eigenvalue weighted by atomic mass is 32.1. The zero-order valence-electron chi connectivity index (χ0n) is 8.25. The quantitative estimate of drug-likeness (QED) is 0.838. The first-order chi connectivity index (χ1) is 7.38. The Kier molecular flexibility index (Phi) is 2.63. The molecule has 86 valence electrons. The summed E-state index contributed by atoms with van der Waals surface area (Å²) in [6.07, 6.45) is -5.12. The minimum absolute atomic E-state index is 0.274. The molecule has 6 heteroatoms. The summed E-state index contributed by atoms with van der Waals surface area (Å²) in [7, 11) is 0. The van der Waals surface area contributed by atoms with Crippen LogP contribution in [0.3, 0.4) is 0 Å². The minimum atomic E-state index is -4.36. The van der Waals surface area contributed by atoms with Crippen LogP contribution in [0.5, 0.6) is 0 Å². The summed E-state index contributed by atoms with van der Waals surface area (Å²) in [6, 6.07) is 3.39. The van der Waals surface area contributed by atoms with Crippen molar-refractivity contribution in [1.82, 2.24) is 4.98 Å². The van der Waals surface area contributed by atoms with E-state index >= 15 is 0 Å². The van der Waals surface area contributed by atoms with Gasteiger partial charge in [0.1, 0.15) is 11.1 Å². The van der Waals surface area contributed by atoms with Crippen LogP contribution in [0.15, 0.2) is 18.2 Å². The van der Waals surface area contributed by atoms with E-state index in [1.807, 2.05) is 0 Å². The van der Waals surface area contributed by atoms with Crippen LogP contribution in [-0.4, -0.2) is 10.1 Å². The van der Waals surface area contributed by atoms with E-state index in [0.717, 1.165) is 12.1 Å². The lowest BCUT2D eigenvalue weighted by molar-refractivity contribution is -0.137. The van der Waals surface area contributed by atoms with E-state index in [0.29, 0.717) is 9.71 Å². The number of rotatable bonds is 1. The van der Waals surface area contributed by atoms with Crippen LogP contribution in [0.25, 0.3) is 10.2 Å². The Morgan fingerprint density at radius 2 is 2.06 bits per heavy atom. The van der Waals surface area contributed by atoms with Gasteiger partial charge in [-0.05, 0) is 25.1 Å². The number of halogens is 3. The predicted molar refractivity (Wildman–Crippen MR) is 55.3 cm³/mol. The number of hydrogen-bond donors (Lipinski definition) is 1. The van der Waals surface area contributed by atoms with Crippen LogP contribution < -0.4 is 0 Å². The van der Waals surface area contributed by atoms with Crippen molar-refractivity contribution in [3.8, 4) is 0 Å². The smallest absolute Gasteiger partial charge is 0.386 e. The van der Waals surface area contributed by atoms with Crippen molar-refractivity contribution in [3.05, 3.63) is 28.8 Å². The highest BCUT2D eigenvalue weighted by molar-refractivity contribution is 7.18. The molecule has 1 atom stereocenters. The van der Waals surface area contributed by atoms with Crippen LogP contribution in [0.2, 0.25) is 0 Å². The molecule has 0 spiro atoms. The van der Waals surface area contributed by atoms with Crippen molar-refractivity contribution in [2.45, 2.75) is 19.2 Å². The van der Waals surface area contributed by atoms with Crippen molar-refractivity contribution in [2.24, 2.45) is 0 Å². The lowest BCUT2D eigenvalue weighted by Crippen LogP contribution is -2.03. The van der Waals surface area contributed by atoms with E-state index < -0.39 is 17.8 Å². The molecule has 2 rings (SSSR count). The average Bonchev–Trinajstić information content (AvgIpc) is 2.58. The van der Waals surface area contributed by atoms with E-state index in [2.05, 4.69) is 4.98 Å². The second-order valence-corrected chi connectivity index (χ2v) is 4.47. The molecule has 0 amide bonds. The van der Waals surface area contributed by atoms with Crippen molar-refractivity contribution in [2.75, 3.05) is 0 Å². The fourth-order valence-corrected chi connectivity index (χ4v) is 2.19. The molecule has 1 aromatic carbocycles. The Bertz CT molecular complexity index is 518. The second kappa shape index (κ2) is 3.71. The number of thiazole rings is 1. The fraction of sp³-hybridized carbons (Fsp3) is 0.300. The minimum Gasteiger partial charge on any atom is -0.386 e. The molecule has 0 radical (unpaired) electrons.